The van der Waals surface area contributed by atoms with E-state index in [4.69, 9.17) is 0 Å². The average Bonchev–Trinajstić information content (AvgIpc) is 3.51. The Labute approximate surface area is 219 Å². The van der Waals surface area contributed by atoms with Crippen molar-refractivity contribution in [2.24, 2.45) is 0 Å². The number of hydrogen-bond acceptors (Lipinski definition) is 5. The molecule has 0 radical (unpaired) electrons. The second-order valence-corrected chi connectivity index (χ2v) is 9.63. The number of benzene rings is 2. The second-order valence-electron chi connectivity index (χ2n) is 9.63. The van der Waals surface area contributed by atoms with Gasteiger partial charge in [-0.3, -0.25) is 19.6 Å². The SMILES string of the molecule is O=C(c1ccc2[nH]ncc2n1)N1CCC2(CC1)C(=O)N(c1ccc(C(F)(F)F)cc1F)CN2c1ccccc1. The minimum absolute atomic E-state index is 0.0439. The summed E-state index contributed by atoms with van der Waals surface area (Å²) >= 11 is 0. The van der Waals surface area contributed by atoms with E-state index in [1.807, 2.05) is 35.2 Å². The highest BCUT2D eigenvalue weighted by atomic mass is 19.4. The van der Waals surface area contributed by atoms with Crippen LogP contribution in [0.1, 0.15) is 28.9 Å². The number of alkyl halides is 3. The van der Waals surface area contributed by atoms with Crippen molar-refractivity contribution in [2.45, 2.75) is 24.6 Å². The van der Waals surface area contributed by atoms with E-state index in [9.17, 15) is 27.2 Å². The molecule has 6 rings (SSSR count). The molecule has 8 nitrogen and oxygen atoms in total. The van der Waals surface area contributed by atoms with Crippen molar-refractivity contribution in [1.29, 1.82) is 0 Å². The number of carbonyl (C=O) groups is 2. The van der Waals surface area contributed by atoms with E-state index < -0.39 is 29.0 Å². The van der Waals surface area contributed by atoms with Crippen LogP contribution in [0.3, 0.4) is 0 Å². The number of aromatic nitrogens is 3. The lowest BCUT2D eigenvalue weighted by Gasteiger charge is -2.43. The van der Waals surface area contributed by atoms with Gasteiger partial charge in [0.25, 0.3) is 11.8 Å². The van der Waals surface area contributed by atoms with E-state index in [1.54, 1.807) is 17.0 Å². The zero-order valence-corrected chi connectivity index (χ0v) is 20.5. The van der Waals surface area contributed by atoms with Crippen LogP contribution in [0.5, 0.6) is 0 Å². The molecule has 4 aromatic rings. The predicted molar refractivity (Wildman–Crippen MR) is 134 cm³/mol. The number of nitrogens with zero attached hydrogens (tertiary/aromatic N) is 5. The van der Waals surface area contributed by atoms with E-state index in [2.05, 4.69) is 15.2 Å². The summed E-state index contributed by atoms with van der Waals surface area (Å²) in [6.45, 7) is 0.433. The molecule has 2 amide bonds. The molecular weight excluding hydrogens is 516 g/mol. The fourth-order valence-corrected chi connectivity index (χ4v) is 5.41. The van der Waals surface area contributed by atoms with Crippen molar-refractivity contribution < 1.29 is 27.2 Å². The molecule has 0 atom stereocenters. The van der Waals surface area contributed by atoms with E-state index in [0.29, 0.717) is 22.8 Å². The number of hydrogen-bond donors (Lipinski definition) is 1. The van der Waals surface area contributed by atoms with Gasteiger partial charge in [0, 0.05) is 18.8 Å². The number of rotatable bonds is 3. The third-order valence-electron chi connectivity index (χ3n) is 7.47. The topological polar surface area (TPSA) is 85.4 Å². The smallest absolute Gasteiger partial charge is 0.338 e. The molecular formula is C27H22F4N6O2. The standard InChI is InChI=1S/C27H22F4N6O2/c28-19-14-17(27(29,30)31)6-9-23(19)36-16-37(18-4-2-1-3-5-18)26(25(36)39)10-12-35(13-11-26)24(38)21-8-7-20-22(33-21)15-32-34-20/h1-9,14-15H,10-13,16H2,(H,32,34). The molecule has 0 unspecified atom stereocenters. The predicted octanol–water partition coefficient (Wildman–Crippen LogP) is 4.60. The van der Waals surface area contributed by atoms with Crippen LogP contribution >= 0.6 is 0 Å². The molecule has 2 fully saturated rings. The summed E-state index contributed by atoms with van der Waals surface area (Å²) in [5, 5.41) is 6.71. The van der Waals surface area contributed by atoms with E-state index in [0.717, 1.165) is 12.1 Å². The molecule has 1 N–H and O–H groups in total. The summed E-state index contributed by atoms with van der Waals surface area (Å²) in [5.41, 5.74) is -0.214. The second kappa shape index (κ2) is 9.07. The first-order valence-electron chi connectivity index (χ1n) is 12.3. The first-order valence-corrected chi connectivity index (χ1v) is 12.3. The van der Waals surface area contributed by atoms with Gasteiger partial charge in [0.2, 0.25) is 0 Å². The Kier molecular flexibility index (Phi) is 5.77. The molecule has 1 spiro atoms. The molecule has 39 heavy (non-hydrogen) atoms. The minimum Gasteiger partial charge on any atom is -0.338 e. The molecule has 2 aliphatic heterocycles. The molecule has 12 heteroatoms. The Bertz CT molecular complexity index is 1560. The molecule has 0 aliphatic carbocycles. The molecule has 2 saturated heterocycles. The van der Waals surface area contributed by atoms with Crippen LogP contribution in [0, 0.1) is 5.82 Å². The molecule has 2 aliphatic rings. The lowest BCUT2D eigenvalue weighted by Crippen LogP contribution is -2.57. The molecule has 4 heterocycles. The normalized spacial score (nSPS) is 17.4. The third kappa shape index (κ3) is 4.16. The molecule has 0 bridgehead atoms. The number of carbonyl (C=O) groups excluding carboxylic acids is 2. The van der Waals surface area contributed by atoms with E-state index in [1.165, 1.54) is 11.1 Å². The van der Waals surface area contributed by atoms with Gasteiger partial charge in [-0.05, 0) is 55.3 Å². The van der Waals surface area contributed by atoms with Crippen LogP contribution in [0.15, 0.2) is 66.9 Å². The highest BCUT2D eigenvalue weighted by molar-refractivity contribution is 6.06. The van der Waals surface area contributed by atoms with Gasteiger partial charge >= 0.3 is 6.18 Å². The maximum Gasteiger partial charge on any atom is 0.416 e. The summed E-state index contributed by atoms with van der Waals surface area (Å²) in [6.07, 6.45) is -2.68. The van der Waals surface area contributed by atoms with Gasteiger partial charge in [-0.1, -0.05) is 18.2 Å². The Morgan fingerprint density at radius 2 is 1.74 bits per heavy atom. The van der Waals surface area contributed by atoms with Crippen LogP contribution in [0.25, 0.3) is 11.0 Å². The number of nitrogens with one attached hydrogen (secondary N) is 1. The van der Waals surface area contributed by atoms with Crippen LogP contribution in [0.4, 0.5) is 28.9 Å². The van der Waals surface area contributed by atoms with E-state index >= 15 is 0 Å². The van der Waals surface area contributed by atoms with E-state index in [-0.39, 0.29) is 49.9 Å². The first kappa shape index (κ1) is 24.8. The van der Waals surface area contributed by atoms with Crippen molar-refractivity contribution in [1.82, 2.24) is 20.1 Å². The number of aromatic amines is 1. The summed E-state index contributed by atoms with van der Waals surface area (Å²) < 4.78 is 54.3. The van der Waals surface area contributed by atoms with Gasteiger partial charge in [0.1, 0.15) is 22.6 Å². The average molecular weight is 539 g/mol. The van der Waals surface area contributed by atoms with Crippen molar-refractivity contribution >= 4 is 34.2 Å². The van der Waals surface area contributed by atoms with Gasteiger partial charge in [-0.15, -0.1) is 0 Å². The highest BCUT2D eigenvalue weighted by Gasteiger charge is 2.55. The zero-order valence-electron chi connectivity index (χ0n) is 20.5. The van der Waals surface area contributed by atoms with Gasteiger partial charge in [-0.2, -0.15) is 18.3 Å². The minimum atomic E-state index is -4.71. The lowest BCUT2D eigenvalue weighted by atomic mass is 9.85. The third-order valence-corrected chi connectivity index (χ3v) is 7.47. The molecule has 2 aromatic carbocycles. The van der Waals surface area contributed by atoms with Gasteiger partial charge < -0.3 is 9.80 Å². The first-order chi connectivity index (χ1) is 18.7. The van der Waals surface area contributed by atoms with Crippen LogP contribution in [0.2, 0.25) is 0 Å². The zero-order chi connectivity index (χ0) is 27.4. The summed E-state index contributed by atoms with van der Waals surface area (Å²) in [6, 6.07) is 14.6. The van der Waals surface area contributed by atoms with Crippen LogP contribution in [-0.4, -0.2) is 57.2 Å². The maximum atomic E-state index is 15.0. The number of H-pyrrole nitrogens is 1. The molecule has 0 saturated carbocycles. The quantitative estimate of drug-likeness (QED) is 0.386. The van der Waals surface area contributed by atoms with Gasteiger partial charge in [0.15, 0.2) is 0 Å². The Morgan fingerprint density at radius 1 is 1.00 bits per heavy atom. The number of amides is 2. The number of anilines is 2. The Hall–Kier alpha value is -4.48. The summed E-state index contributed by atoms with van der Waals surface area (Å²) in [5.74, 6) is -1.83. The Morgan fingerprint density at radius 3 is 2.44 bits per heavy atom. The number of halogens is 4. The lowest BCUT2D eigenvalue weighted by molar-refractivity contribution is -0.137. The maximum absolute atomic E-state index is 15.0. The monoisotopic (exact) mass is 538 g/mol. The Balaban J connectivity index is 1.30. The number of para-hydroxylation sites is 1. The van der Waals surface area contributed by atoms with Crippen LogP contribution in [-0.2, 0) is 11.0 Å². The fraction of sp³-hybridized carbons (Fsp3) is 0.259. The fourth-order valence-electron chi connectivity index (χ4n) is 5.41. The molecule has 200 valence electrons. The van der Waals surface area contributed by atoms with Crippen LogP contribution < -0.4 is 9.80 Å². The number of pyridine rings is 1. The summed E-state index contributed by atoms with van der Waals surface area (Å²) in [7, 11) is 0. The number of fused-ring (bicyclic) bond motifs is 1. The largest absolute Gasteiger partial charge is 0.416 e. The van der Waals surface area contributed by atoms with Crippen molar-refractivity contribution in [3.8, 4) is 0 Å². The summed E-state index contributed by atoms with van der Waals surface area (Å²) in [4.78, 5) is 36.2. The highest BCUT2D eigenvalue weighted by Crippen LogP contribution is 2.42. The van der Waals surface area contributed by atoms with Crippen molar-refractivity contribution in [2.75, 3.05) is 29.6 Å². The van der Waals surface area contributed by atoms with Gasteiger partial charge in [-0.25, -0.2) is 9.37 Å². The van der Waals surface area contributed by atoms with Gasteiger partial charge in [0.05, 0.1) is 29.6 Å². The van der Waals surface area contributed by atoms with Crippen molar-refractivity contribution in [3.05, 3.63) is 83.9 Å². The number of piperidine rings is 1. The number of likely N-dealkylation sites (tertiary alicyclic amines) is 1. The molecule has 2 aromatic heterocycles. The van der Waals surface area contributed by atoms with Crippen molar-refractivity contribution in [3.63, 3.8) is 0 Å².